The van der Waals surface area contributed by atoms with Gasteiger partial charge in [0.2, 0.25) is 11.8 Å². The van der Waals surface area contributed by atoms with E-state index in [-0.39, 0.29) is 30.3 Å². The van der Waals surface area contributed by atoms with E-state index in [1.807, 2.05) is 76.2 Å². The largest absolute Gasteiger partial charge is 0.491 e. The first-order valence-corrected chi connectivity index (χ1v) is 9.84. The quantitative estimate of drug-likeness (QED) is 0.755. The molecule has 0 radical (unpaired) electrons. The Morgan fingerprint density at radius 2 is 1.93 bits per heavy atom. The molecule has 0 bridgehead atoms. The molecule has 2 aromatic rings. The molecule has 5 nitrogen and oxygen atoms in total. The molecule has 2 amide bonds. The van der Waals surface area contributed by atoms with E-state index in [0.717, 1.165) is 22.7 Å². The number of anilines is 2. The lowest BCUT2D eigenvalue weighted by atomic mass is 10.1. The summed E-state index contributed by atoms with van der Waals surface area (Å²) >= 11 is 0. The Labute approximate surface area is 166 Å². The molecule has 0 aromatic heterocycles. The Kier molecular flexibility index (Phi) is 6.02. The zero-order chi connectivity index (χ0) is 20.3. The SMILES string of the molecule is CCN(C(=O)C1CC(=O)N(c2ccc(OC(C)C)cc2)C1)c1cccc(C)c1. The van der Waals surface area contributed by atoms with Gasteiger partial charge in [-0.3, -0.25) is 9.59 Å². The van der Waals surface area contributed by atoms with Gasteiger partial charge in [-0.25, -0.2) is 0 Å². The van der Waals surface area contributed by atoms with Crippen molar-refractivity contribution in [3.8, 4) is 5.75 Å². The van der Waals surface area contributed by atoms with Gasteiger partial charge >= 0.3 is 0 Å². The first-order valence-electron chi connectivity index (χ1n) is 9.84. The molecular formula is C23H28N2O3. The number of nitrogens with zero attached hydrogens (tertiary/aromatic N) is 2. The van der Waals surface area contributed by atoms with E-state index in [9.17, 15) is 9.59 Å². The molecule has 1 aliphatic rings. The van der Waals surface area contributed by atoms with Crippen LogP contribution in [0.1, 0.15) is 32.8 Å². The molecule has 148 valence electrons. The number of hydrogen-bond acceptors (Lipinski definition) is 3. The minimum atomic E-state index is -0.334. The van der Waals surface area contributed by atoms with Gasteiger partial charge in [-0.05, 0) is 69.7 Å². The van der Waals surface area contributed by atoms with Gasteiger partial charge in [0.25, 0.3) is 0 Å². The van der Waals surface area contributed by atoms with Crippen LogP contribution in [0, 0.1) is 12.8 Å². The maximum atomic E-state index is 13.1. The summed E-state index contributed by atoms with van der Waals surface area (Å²) < 4.78 is 5.66. The zero-order valence-electron chi connectivity index (χ0n) is 17.0. The van der Waals surface area contributed by atoms with Gasteiger partial charge in [-0.15, -0.1) is 0 Å². The summed E-state index contributed by atoms with van der Waals surface area (Å²) in [5.41, 5.74) is 2.79. The highest BCUT2D eigenvalue weighted by molar-refractivity contribution is 6.04. The van der Waals surface area contributed by atoms with Crippen molar-refractivity contribution in [1.29, 1.82) is 0 Å². The predicted molar refractivity (Wildman–Crippen MR) is 112 cm³/mol. The number of amides is 2. The second kappa shape index (κ2) is 8.46. The summed E-state index contributed by atoms with van der Waals surface area (Å²) in [5.74, 6) is 0.425. The molecular weight excluding hydrogens is 352 g/mol. The normalized spacial score (nSPS) is 16.5. The van der Waals surface area contributed by atoms with Crippen LogP contribution in [0.4, 0.5) is 11.4 Å². The fraction of sp³-hybridized carbons (Fsp3) is 0.391. The van der Waals surface area contributed by atoms with Gasteiger partial charge < -0.3 is 14.5 Å². The Morgan fingerprint density at radius 3 is 2.54 bits per heavy atom. The van der Waals surface area contributed by atoms with Crippen molar-refractivity contribution in [2.75, 3.05) is 22.9 Å². The average molecular weight is 380 g/mol. The lowest BCUT2D eigenvalue weighted by molar-refractivity contribution is -0.124. The summed E-state index contributed by atoms with van der Waals surface area (Å²) in [4.78, 5) is 29.2. The second-order valence-electron chi connectivity index (χ2n) is 7.49. The molecule has 0 spiro atoms. The van der Waals surface area contributed by atoms with Crippen molar-refractivity contribution < 1.29 is 14.3 Å². The van der Waals surface area contributed by atoms with Crippen LogP contribution < -0.4 is 14.5 Å². The smallest absolute Gasteiger partial charge is 0.232 e. The zero-order valence-corrected chi connectivity index (χ0v) is 17.0. The monoisotopic (exact) mass is 380 g/mol. The fourth-order valence-electron chi connectivity index (χ4n) is 3.58. The average Bonchev–Trinajstić information content (AvgIpc) is 3.04. The number of carbonyl (C=O) groups excluding carboxylic acids is 2. The van der Waals surface area contributed by atoms with E-state index in [1.165, 1.54) is 0 Å². The summed E-state index contributed by atoms with van der Waals surface area (Å²) in [5, 5.41) is 0. The molecule has 1 saturated heterocycles. The molecule has 1 unspecified atom stereocenters. The molecule has 1 heterocycles. The van der Waals surface area contributed by atoms with Gasteiger partial charge in [0.05, 0.1) is 12.0 Å². The highest BCUT2D eigenvalue weighted by Crippen LogP contribution is 2.29. The molecule has 0 saturated carbocycles. The highest BCUT2D eigenvalue weighted by Gasteiger charge is 2.37. The van der Waals surface area contributed by atoms with Crippen molar-refractivity contribution >= 4 is 23.2 Å². The molecule has 28 heavy (non-hydrogen) atoms. The highest BCUT2D eigenvalue weighted by atomic mass is 16.5. The predicted octanol–water partition coefficient (Wildman–Crippen LogP) is 4.19. The summed E-state index contributed by atoms with van der Waals surface area (Å²) in [6.07, 6.45) is 0.341. The first kappa shape index (κ1) is 19.9. The Hall–Kier alpha value is -2.82. The minimum absolute atomic E-state index is 0.00344. The summed E-state index contributed by atoms with van der Waals surface area (Å²) in [7, 11) is 0. The van der Waals surface area contributed by atoms with Crippen molar-refractivity contribution in [3.63, 3.8) is 0 Å². The summed E-state index contributed by atoms with van der Waals surface area (Å²) in [6.45, 7) is 8.90. The molecule has 0 N–H and O–H groups in total. The van der Waals surface area contributed by atoms with Crippen LogP contribution in [0.3, 0.4) is 0 Å². The van der Waals surface area contributed by atoms with E-state index in [0.29, 0.717) is 13.1 Å². The van der Waals surface area contributed by atoms with Gasteiger partial charge in [0.15, 0.2) is 0 Å². The molecule has 1 atom stereocenters. The Balaban J connectivity index is 1.73. The number of carbonyl (C=O) groups is 2. The standard InChI is InChI=1S/C23H28N2O3/c1-5-24(20-8-6-7-17(4)13-20)23(27)18-14-22(26)25(15-18)19-9-11-21(12-10-19)28-16(2)3/h6-13,16,18H,5,14-15H2,1-4H3. The van der Waals surface area contributed by atoms with E-state index in [4.69, 9.17) is 4.74 Å². The van der Waals surface area contributed by atoms with Crippen molar-refractivity contribution in [2.24, 2.45) is 5.92 Å². The van der Waals surface area contributed by atoms with Gasteiger partial charge in [0, 0.05) is 30.9 Å². The molecule has 2 aromatic carbocycles. The van der Waals surface area contributed by atoms with Gasteiger partial charge in [-0.1, -0.05) is 12.1 Å². The number of ether oxygens (including phenoxy) is 1. The fourth-order valence-corrected chi connectivity index (χ4v) is 3.58. The second-order valence-corrected chi connectivity index (χ2v) is 7.49. The summed E-state index contributed by atoms with van der Waals surface area (Å²) in [6, 6.07) is 15.4. The van der Waals surface area contributed by atoms with Crippen LogP contribution in [0.15, 0.2) is 48.5 Å². The maximum absolute atomic E-state index is 13.1. The van der Waals surface area contributed by atoms with Crippen LogP contribution in [0.5, 0.6) is 5.75 Å². The van der Waals surface area contributed by atoms with Crippen molar-refractivity contribution in [2.45, 2.75) is 40.2 Å². The van der Waals surface area contributed by atoms with Crippen LogP contribution in [0.25, 0.3) is 0 Å². The number of rotatable bonds is 6. The van der Waals surface area contributed by atoms with Crippen molar-refractivity contribution in [3.05, 3.63) is 54.1 Å². The Bertz CT molecular complexity index is 845. The third-order valence-corrected chi connectivity index (χ3v) is 4.89. The van der Waals surface area contributed by atoms with Crippen LogP contribution in [-0.4, -0.2) is 31.0 Å². The van der Waals surface area contributed by atoms with E-state index < -0.39 is 0 Å². The maximum Gasteiger partial charge on any atom is 0.232 e. The third-order valence-electron chi connectivity index (χ3n) is 4.89. The lowest BCUT2D eigenvalue weighted by Gasteiger charge is -2.25. The van der Waals surface area contributed by atoms with Crippen LogP contribution in [0.2, 0.25) is 0 Å². The van der Waals surface area contributed by atoms with E-state index in [1.54, 1.807) is 9.80 Å². The number of benzene rings is 2. The first-order chi connectivity index (χ1) is 13.4. The third kappa shape index (κ3) is 4.35. The van der Waals surface area contributed by atoms with Gasteiger partial charge in [0.1, 0.15) is 5.75 Å². The topological polar surface area (TPSA) is 49.9 Å². The molecule has 5 heteroatoms. The minimum Gasteiger partial charge on any atom is -0.491 e. The number of hydrogen-bond donors (Lipinski definition) is 0. The lowest BCUT2D eigenvalue weighted by Crippen LogP contribution is -2.37. The molecule has 3 rings (SSSR count). The molecule has 0 aliphatic carbocycles. The molecule has 1 aliphatic heterocycles. The van der Waals surface area contributed by atoms with E-state index >= 15 is 0 Å². The number of aryl methyl sites for hydroxylation is 1. The van der Waals surface area contributed by atoms with Crippen LogP contribution >= 0.6 is 0 Å². The van der Waals surface area contributed by atoms with Gasteiger partial charge in [-0.2, -0.15) is 0 Å². The molecule has 1 fully saturated rings. The van der Waals surface area contributed by atoms with E-state index in [2.05, 4.69) is 0 Å². The van der Waals surface area contributed by atoms with Crippen molar-refractivity contribution in [1.82, 2.24) is 0 Å². The van der Waals surface area contributed by atoms with Crippen LogP contribution in [-0.2, 0) is 9.59 Å². The Morgan fingerprint density at radius 1 is 1.21 bits per heavy atom.